The molecule has 21 heavy (non-hydrogen) atoms. The molecule has 1 N–H and O–H groups in total. The zero-order valence-electron chi connectivity index (χ0n) is 12.4. The van der Waals surface area contributed by atoms with Crippen molar-refractivity contribution in [3.05, 3.63) is 58.9 Å². The first kappa shape index (κ1) is 13.9. The lowest BCUT2D eigenvalue weighted by molar-refractivity contribution is 0.0520. The Morgan fingerprint density at radius 2 is 2.14 bits per heavy atom. The van der Waals surface area contributed by atoms with E-state index < -0.39 is 0 Å². The first-order valence-corrected chi connectivity index (χ1v) is 7.70. The fourth-order valence-electron chi connectivity index (χ4n) is 3.15. The van der Waals surface area contributed by atoms with Crippen molar-refractivity contribution in [1.82, 2.24) is 4.98 Å². The first-order chi connectivity index (χ1) is 10.3. The monoisotopic (exact) mass is 283 g/mol. The minimum atomic E-state index is -0.242. The van der Waals surface area contributed by atoms with Crippen molar-refractivity contribution in [3.63, 3.8) is 0 Å². The lowest BCUT2D eigenvalue weighted by Gasteiger charge is -2.10. The second-order valence-corrected chi connectivity index (χ2v) is 5.60. The van der Waals surface area contributed by atoms with Gasteiger partial charge in [-0.3, -0.25) is 0 Å². The minimum Gasteiger partial charge on any atom is -0.461 e. The van der Waals surface area contributed by atoms with Crippen molar-refractivity contribution in [1.29, 1.82) is 0 Å². The molecule has 0 aliphatic heterocycles. The van der Waals surface area contributed by atoms with Gasteiger partial charge in [0.2, 0.25) is 0 Å². The molecule has 3 rings (SSSR count). The highest BCUT2D eigenvalue weighted by Crippen LogP contribution is 2.36. The van der Waals surface area contributed by atoms with Crippen molar-refractivity contribution >= 4 is 5.97 Å². The molecule has 0 fully saturated rings. The highest BCUT2D eigenvalue weighted by atomic mass is 16.5. The lowest BCUT2D eigenvalue weighted by Crippen LogP contribution is -2.06. The van der Waals surface area contributed by atoms with E-state index in [1.807, 2.05) is 19.1 Å². The Kier molecular flexibility index (Phi) is 4.09. The molecule has 0 bridgehead atoms. The molecule has 3 heteroatoms. The predicted molar refractivity (Wildman–Crippen MR) is 82.6 cm³/mol. The molecular weight excluding hydrogens is 262 g/mol. The van der Waals surface area contributed by atoms with Gasteiger partial charge in [0.05, 0.1) is 6.61 Å². The third-order valence-electron chi connectivity index (χ3n) is 4.22. The predicted octanol–water partition coefficient (Wildman–Crippen LogP) is 3.85. The van der Waals surface area contributed by atoms with Crippen LogP contribution in [-0.2, 0) is 17.6 Å². The second-order valence-electron chi connectivity index (χ2n) is 5.60. The zero-order chi connectivity index (χ0) is 14.7. The number of hydrogen-bond donors (Lipinski definition) is 1. The van der Waals surface area contributed by atoms with E-state index in [1.54, 1.807) is 0 Å². The van der Waals surface area contributed by atoms with E-state index in [1.165, 1.54) is 23.2 Å². The summed E-state index contributed by atoms with van der Waals surface area (Å²) in [5.41, 5.74) is 4.51. The van der Waals surface area contributed by atoms with Gasteiger partial charge in [0, 0.05) is 5.69 Å². The number of nitrogens with one attached hydrogen (secondary N) is 1. The van der Waals surface area contributed by atoms with E-state index in [0.29, 0.717) is 18.2 Å². The molecule has 2 aromatic rings. The van der Waals surface area contributed by atoms with Gasteiger partial charge in [-0.1, -0.05) is 30.3 Å². The van der Waals surface area contributed by atoms with Gasteiger partial charge in [0.25, 0.3) is 0 Å². The smallest absolute Gasteiger partial charge is 0.354 e. The molecule has 3 nitrogen and oxygen atoms in total. The van der Waals surface area contributed by atoms with Crippen molar-refractivity contribution in [2.45, 2.75) is 38.5 Å². The van der Waals surface area contributed by atoms with Crippen LogP contribution in [0.2, 0.25) is 0 Å². The summed E-state index contributed by atoms with van der Waals surface area (Å²) in [6.07, 6.45) is 4.44. The third kappa shape index (κ3) is 3.02. The van der Waals surface area contributed by atoms with E-state index in [2.05, 4.69) is 29.2 Å². The van der Waals surface area contributed by atoms with Crippen molar-refractivity contribution in [3.8, 4) is 0 Å². The second kappa shape index (κ2) is 6.17. The first-order valence-electron chi connectivity index (χ1n) is 7.70. The van der Waals surface area contributed by atoms with Gasteiger partial charge in [0.1, 0.15) is 5.69 Å². The lowest BCUT2D eigenvalue weighted by atomic mass is 9.97. The Morgan fingerprint density at radius 1 is 1.33 bits per heavy atom. The summed E-state index contributed by atoms with van der Waals surface area (Å²) in [4.78, 5) is 15.1. The summed E-state index contributed by atoms with van der Waals surface area (Å²) < 4.78 is 5.06. The quantitative estimate of drug-likeness (QED) is 0.847. The van der Waals surface area contributed by atoms with Crippen LogP contribution in [-0.4, -0.2) is 17.6 Å². The van der Waals surface area contributed by atoms with Gasteiger partial charge in [-0.25, -0.2) is 4.79 Å². The fourth-order valence-corrected chi connectivity index (χ4v) is 3.15. The van der Waals surface area contributed by atoms with E-state index >= 15 is 0 Å². The van der Waals surface area contributed by atoms with Crippen LogP contribution in [0.1, 0.15) is 53.0 Å². The van der Waals surface area contributed by atoms with Crippen LogP contribution < -0.4 is 0 Å². The maximum absolute atomic E-state index is 11.8. The zero-order valence-corrected chi connectivity index (χ0v) is 12.4. The van der Waals surface area contributed by atoms with Crippen LogP contribution in [0.15, 0.2) is 36.4 Å². The summed E-state index contributed by atoms with van der Waals surface area (Å²) in [7, 11) is 0. The number of aromatic amines is 1. The highest BCUT2D eigenvalue weighted by Gasteiger charge is 2.26. The van der Waals surface area contributed by atoms with E-state index in [9.17, 15) is 4.79 Å². The van der Waals surface area contributed by atoms with Crippen LogP contribution in [0.4, 0.5) is 0 Å². The van der Waals surface area contributed by atoms with Crippen molar-refractivity contribution in [2.24, 2.45) is 0 Å². The van der Waals surface area contributed by atoms with Crippen LogP contribution in [0.3, 0.4) is 0 Å². The van der Waals surface area contributed by atoms with Gasteiger partial charge >= 0.3 is 5.97 Å². The number of aryl methyl sites for hydroxylation is 2. The summed E-state index contributed by atoms with van der Waals surface area (Å²) in [5, 5.41) is 0. The molecule has 0 amide bonds. The molecule has 0 spiro atoms. The Hall–Kier alpha value is -2.03. The highest BCUT2D eigenvalue weighted by molar-refractivity contribution is 5.88. The van der Waals surface area contributed by atoms with Gasteiger partial charge in [-0.2, -0.15) is 0 Å². The Morgan fingerprint density at radius 3 is 2.90 bits per heavy atom. The van der Waals surface area contributed by atoms with Crippen molar-refractivity contribution in [2.75, 3.05) is 6.61 Å². The molecule has 0 radical (unpaired) electrons. The SMILES string of the molecule is CCOC(=O)c1cc2c([nH]1)[C@@H](CCc1ccccc1)CC2. The van der Waals surface area contributed by atoms with Crippen molar-refractivity contribution < 1.29 is 9.53 Å². The molecule has 1 aliphatic rings. The van der Waals surface area contributed by atoms with E-state index in [-0.39, 0.29) is 5.97 Å². The maximum Gasteiger partial charge on any atom is 0.354 e. The Balaban J connectivity index is 1.67. The van der Waals surface area contributed by atoms with E-state index in [0.717, 1.165) is 19.3 Å². The molecule has 1 atom stereocenters. The number of aromatic nitrogens is 1. The number of carbonyl (C=O) groups excluding carboxylic acids is 1. The summed E-state index contributed by atoms with van der Waals surface area (Å²) in [6, 6.07) is 12.5. The molecule has 0 saturated carbocycles. The van der Waals surface area contributed by atoms with Crippen LogP contribution >= 0.6 is 0 Å². The average Bonchev–Trinajstić information content (AvgIpc) is 3.07. The third-order valence-corrected chi connectivity index (χ3v) is 4.22. The molecule has 1 aromatic carbocycles. The Bertz CT molecular complexity index is 615. The number of carbonyl (C=O) groups is 1. The van der Waals surface area contributed by atoms with E-state index in [4.69, 9.17) is 4.74 Å². The maximum atomic E-state index is 11.8. The molecule has 1 aliphatic carbocycles. The number of esters is 1. The van der Waals surface area contributed by atoms with Gasteiger partial charge in [-0.15, -0.1) is 0 Å². The largest absolute Gasteiger partial charge is 0.461 e. The van der Waals surface area contributed by atoms with Crippen LogP contribution in [0.5, 0.6) is 0 Å². The number of hydrogen-bond acceptors (Lipinski definition) is 2. The number of ether oxygens (including phenoxy) is 1. The molecule has 0 unspecified atom stereocenters. The standard InChI is InChI=1S/C18H21NO2/c1-2-21-18(20)16-12-15-11-10-14(17(15)19-16)9-8-13-6-4-3-5-7-13/h3-7,12,14,19H,2,8-11H2,1H3/t14-/m0/s1. The summed E-state index contributed by atoms with van der Waals surface area (Å²) in [5.74, 6) is 0.289. The summed E-state index contributed by atoms with van der Waals surface area (Å²) >= 11 is 0. The topological polar surface area (TPSA) is 42.1 Å². The fraction of sp³-hybridized carbons (Fsp3) is 0.389. The summed E-state index contributed by atoms with van der Waals surface area (Å²) in [6.45, 7) is 2.25. The van der Waals surface area contributed by atoms with Gasteiger partial charge in [0.15, 0.2) is 0 Å². The Labute approximate surface area is 125 Å². The van der Waals surface area contributed by atoms with Crippen LogP contribution in [0.25, 0.3) is 0 Å². The van der Waals surface area contributed by atoms with Gasteiger partial charge < -0.3 is 9.72 Å². The molecule has 0 saturated heterocycles. The average molecular weight is 283 g/mol. The number of fused-ring (bicyclic) bond motifs is 1. The molecule has 1 aromatic heterocycles. The molecular formula is C18H21NO2. The normalized spacial score (nSPS) is 16.7. The minimum absolute atomic E-state index is 0.242. The number of benzene rings is 1. The van der Waals surface area contributed by atoms with Gasteiger partial charge in [-0.05, 0) is 55.7 Å². The number of H-pyrrole nitrogens is 1. The molecule has 1 heterocycles. The number of rotatable bonds is 5. The molecule has 110 valence electrons. The van der Waals surface area contributed by atoms with Crippen LogP contribution in [0, 0.1) is 0 Å².